The van der Waals surface area contributed by atoms with Gasteiger partial charge >= 0.3 is 0 Å². The lowest BCUT2D eigenvalue weighted by atomic mass is 9.97. The molecule has 0 aliphatic carbocycles. The maximum Gasteiger partial charge on any atom is 0.241 e. The standard InChI is InChI=1S/C18H28ClN3O/c1-13-7-8-16(19)10-17(13)20-18(23)14(2)22(4)12-15-6-5-9-21(3)11-15/h7-8,10,14-15H,5-6,9,11-12H2,1-4H3,(H,20,23)/t14-,15-/m1/s1. The summed E-state index contributed by atoms with van der Waals surface area (Å²) in [6.45, 7) is 7.18. The summed E-state index contributed by atoms with van der Waals surface area (Å²) in [6.07, 6.45) is 2.49. The second-order valence-electron chi connectivity index (χ2n) is 6.83. The first-order chi connectivity index (χ1) is 10.9. The highest BCUT2D eigenvalue weighted by molar-refractivity contribution is 6.31. The number of nitrogens with one attached hydrogen (secondary N) is 1. The minimum absolute atomic E-state index is 0.0158. The van der Waals surface area contributed by atoms with Crippen LogP contribution in [0.5, 0.6) is 0 Å². The van der Waals surface area contributed by atoms with Gasteiger partial charge in [0.2, 0.25) is 5.91 Å². The number of carbonyl (C=O) groups is 1. The van der Waals surface area contributed by atoms with E-state index in [0.29, 0.717) is 10.9 Å². The van der Waals surface area contributed by atoms with Crippen molar-refractivity contribution in [3.8, 4) is 0 Å². The zero-order chi connectivity index (χ0) is 17.0. The number of amides is 1. The van der Waals surface area contributed by atoms with Crippen LogP contribution in [0.2, 0.25) is 5.02 Å². The van der Waals surface area contributed by atoms with Gasteiger partial charge in [0.1, 0.15) is 0 Å². The molecule has 4 nitrogen and oxygen atoms in total. The Morgan fingerprint density at radius 3 is 2.96 bits per heavy atom. The summed E-state index contributed by atoms with van der Waals surface area (Å²) in [5, 5.41) is 3.64. The van der Waals surface area contributed by atoms with Gasteiger partial charge in [0.05, 0.1) is 6.04 Å². The lowest BCUT2D eigenvalue weighted by molar-refractivity contribution is -0.120. The number of likely N-dealkylation sites (N-methyl/N-ethyl adjacent to an activating group) is 1. The number of carbonyl (C=O) groups excluding carboxylic acids is 1. The fourth-order valence-electron chi connectivity index (χ4n) is 3.15. The Kier molecular flexibility index (Phi) is 6.45. The molecule has 0 unspecified atom stereocenters. The zero-order valence-corrected chi connectivity index (χ0v) is 15.4. The average molecular weight is 338 g/mol. The van der Waals surface area contributed by atoms with Crippen LogP contribution >= 0.6 is 11.6 Å². The summed E-state index contributed by atoms with van der Waals surface area (Å²) >= 11 is 6.02. The minimum Gasteiger partial charge on any atom is -0.324 e. The van der Waals surface area contributed by atoms with Gasteiger partial charge in [0, 0.05) is 23.8 Å². The third-order valence-corrected chi connectivity index (χ3v) is 5.00. The third kappa shape index (κ3) is 5.20. The Bertz CT molecular complexity index is 549. The Morgan fingerprint density at radius 1 is 1.52 bits per heavy atom. The highest BCUT2D eigenvalue weighted by Crippen LogP contribution is 2.21. The molecule has 1 N–H and O–H groups in total. The van der Waals surface area contributed by atoms with Gasteiger partial charge in [-0.15, -0.1) is 0 Å². The number of benzene rings is 1. The molecule has 128 valence electrons. The predicted octanol–water partition coefficient (Wildman–Crippen LogP) is 3.25. The van der Waals surface area contributed by atoms with Gasteiger partial charge in [0.15, 0.2) is 0 Å². The van der Waals surface area contributed by atoms with Crippen molar-refractivity contribution in [1.29, 1.82) is 0 Å². The summed E-state index contributed by atoms with van der Waals surface area (Å²) in [6, 6.07) is 5.39. The lowest BCUT2D eigenvalue weighted by Crippen LogP contribution is -2.45. The third-order valence-electron chi connectivity index (χ3n) is 4.77. The number of anilines is 1. The normalized spacial score (nSPS) is 20.5. The van der Waals surface area contributed by atoms with Crippen LogP contribution in [0.15, 0.2) is 18.2 Å². The fourth-order valence-corrected chi connectivity index (χ4v) is 3.33. The Balaban J connectivity index is 1.91. The molecule has 1 fully saturated rings. The molecule has 0 spiro atoms. The van der Waals surface area contributed by atoms with E-state index >= 15 is 0 Å². The summed E-state index contributed by atoms with van der Waals surface area (Å²) in [5.74, 6) is 0.656. The molecule has 2 atom stereocenters. The van der Waals surface area contributed by atoms with Crippen molar-refractivity contribution in [2.75, 3.05) is 39.0 Å². The van der Waals surface area contributed by atoms with Crippen LogP contribution in [0, 0.1) is 12.8 Å². The van der Waals surface area contributed by atoms with Crippen LogP contribution in [0.1, 0.15) is 25.3 Å². The predicted molar refractivity (Wildman–Crippen MR) is 97.1 cm³/mol. The van der Waals surface area contributed by atoms with Gasteiger partial charge in [-0.25, -0.2) is 0 Å². The first-order valence-corrected chi connectivity index (χ1v) is 8.70. The fraction of sp³-hybridized carbons (Fsp3) is 0.611. The Hall–Kier alpha value is -1.10. The molecule has 5 heteroatoms. The molecule has 0 aromatic heterocycles. The van der Waals surface area contributed by atoms with E-state index < -0.39 is 0 Å². The maximum atomic E-state index is 12.5. The number of rotatable bonds is 5. The molecular weight excluding hydrogens is 310 g/mol. The molecule has 1 aliphatic rings. The van der Waals surface area contributed by atoms with Gasteiger partial charge in [-0.3, -0.25) is 9.69 Å². The van der Waals surface area contributed by atoms with Gasteiger partial charge in [0.25, 0.3) is 0 Å². The van der Waals surface area contributed by atoms with E-state index in [1.54, 1.807) is 6.07 Å². The number of likely N-dealkylation sites (tertiary alicyclic amines) is 1. The van der Waals surface area contributed by atoms with Crippen molar-refractivity contribution >= 4 is 23.2 Å². The second kappa shape index (κ2) is 8.13. The van der Waals surface area contributed by atoms with E-state index in [-0.39, 0.29) is 11.9 Å². The van der Waals surface area contributed by atoms with E-state index in [0.717, 1.165) is 24.3 Å². The van der Waals surface area contributed by atoms with E-state index in [9.17, 15) is 4.79 Å². The molecule has 0 saturated carbocycles. The van der Waals surface area contributed by atoms with Gasteiger partial charge in [-0.2, -0.15) is 0 Å². The molecule has 2 rings (SSSR count). The summed E-state index contributed by atoms with van der Waals surface area (Å²) in [5.41, 5.74) is 1.81. The number of hydrogen-bond donors (Lipinski definition) is 1. The molecule has 23 heavy (non-hydrogen) atoms. The topological polar surface area (TPSA) is 35.6 Å². The number of nitrogens with zero attached hydrogens (tertiary/aromatic N) is 2. The maximum absolute atomic E-state index is 12.5. The van der Waals surface area contributed by atoms with Gasteiger partial charge in [-0.05, 0) is 70.9 Å². The SMILES string of the molecule is Cc1ccc(Cl)cc1NC(=O)[C@@H](C)N(C)C[C@@H]1CCCN(C)C1. The van der Waals surface area contributed by atoms with Crippen LogP contribution < -0.4 is 5.32 Å². The minimum atomic E-state index is -0.166. The zero-order valence-electron chi connectivity index (χ0n) is 14.6. The molecular formula is C18H28ClN3O. The van der Waals surface area contributed by atoms with Gasteiger partial charge < -0.3 is 10.2 Å². The van der Waals surface area contributed by atoms with Crippen LogP contribution in [0.3, 0.4) is 0 Å². The van der Waals surface area contributed by atoms with Crippen LogP contribution in [0.25, 0.3) is 0 Å². The summed E-state index contributed by atoms with van der Waals surface area (Å²) in [4.78, 5) is 17.0. The molecule has 0 bridgehead atoms. The number of hydrogen-bond acceptors (Lipinski definition) is 3. The highest BCUT2D eigenvalue weighted by atomic mass is 35.5. The van der Waals surface area contributed by atoms with Crippen molar-refractivity contribution < 1.29 is 4.79 Å². The van der Waals surface area contributed by atoms with Crippen molar-refractivity contribution in [2.24, 2.45) is 5.92 Å². The molecule has 1 aromatic rings. The van der Waals surface area contributed by atoms with Crippen molar-refractivity contribution in [3.63, 3.8) is 0 Å². The number of aryl methyl sites for hydroxylation is 1. The smallest absolute Gasteiger partial charge is 0.241 e. The average Bonchev–Trinajstić information content (AvgIpc) is 2.50. The van der Waals surface area contributed by atoms with Crippen LogP contribution in [-0.2, 0) is 4.79 Å². The molecule has 1 aliphatic heterocycles. The van der Waals surface area contributed by atoms with Crippen molar-refractivity contribution in [2.45, 2.75) is 32.7 Å². The molecule has 1 saturated heterocycles. The Labute approximate surface area is 144 Å². The monoisotopic (exact) mass is 337 g/mol. The quantitative estimate of drug-likeness (QED) is 0.895. The first kappa shape index (κ1) is 18.2. The molecule has 0 radical (unpaired) electrons. The lowest BCUT2D eigenvalue weighted by Gasteiger charge is -2.34. The van der Waals surface area contributed by atoms with Crippen LogP contribution in [-0.4, -0.2) is 55.5 Å². The van der Waals surface area contributed by atoms with Crippen molar-refractivity contribution in [1.82, 2.24) is 9.80 Å². The summed E-state index contributed by atoms with van der Waals surface area (Å²) in [7, 11) is 4.20. The number of piperidine rings is 1. The van der Waals surface area contributed by atoms with E-state index in [1.165, 1.54) is 19.4 Å². The van der Waals surface area contributed by atoms with Crippen molar-refractivity contribution in [3.05, 3.63) is 28.8 Å². The van der Waals surface area contributed by atoms with Gasteiger partial charge in [-0.1, -0.05) is 17.7 Å². The first-order valence-electron chi connectivity index (χ1n) is 8.32. The second-order valence-corrected chi connectivity index (χ2v) is 7.27. The molecule has 1 heterocycles. The van der Waals surface area contributed by atoms with E-state index in [1.807, 2.05) is 33.0 Å². The van der Waals surface area contributed by atoms with Crippen LogP contribution in [0.4, 0.5) is 5.69 Å². The summed E-state index contributed by atoms with van der Waals surface area (Å²) < 4.78 is 0. The highest BCUT2D eigenvalue weighted by Gasteiger charge is 2.24. The van der Waals surface area contributed by atoms with E-state index in [4.69, 9.17) is 11.6 Å². The Morgan fingerprint density at radius 2 is 2.26 bits per heavy atom. The number of halogens is 1. The molecule has 1 amide bonds. The van der Waals surface area contributed by atoms with E-state index in [2.05, 4.69) is 22.2 Å². The largest absolute Gasteiger partial charge is 0.324 e. The molecule has 1 aromatic carbocycles.